The summed E-state index contributed by atoms with van der Waals surface area (Å²) < 4.78 is 0. The van der Waals surface area contributed by atoms with Gasteiger partial charge in [-0.1, -0.05) is 23.6 Å². The summed E-state index contributed by atoms with van der Waals surface area (Å²) in [5, 5.41) is 10.6. The van der Waals surface area contributed by atoms with Gasteiger partial charge in [-0.3, -0.25) is 19.7 Å². The van der Waals surface area contributed by atoms with E-state index in [9.17, 15) is 19.7 Å². The average molecular weight is 278 g/mol. The molecule has 0 saturated carbocycles. The SMILES string of the molecule is CC(=O)SCC#Cc1cc(C(N)=O)cc([N+](=O)[O-])c1. The van der Waals surface area contributed by atoms with Crippen LogP contribution in [-0.4, -0.2) is 21.7 Å². The van der Waals surface area contributed by atoms with E-state index < -0.39 is 10.8 Å². The van der Waals surface area contributed by atoms with Crippen molar-refractivity contribution in [1.29, 1.82) is 0 Å². The number of nitro groups is 1. The molecular formula is C12H10N2O4S. The number of amides is 1. The van der Waals surface area contributed by atoms with Crippen molar-refractivity contribution in [2.45, 2.75) is 6.92 Å². The number of hydrogen-bond donors (Lipinski definition) is 1. The number of carbonyl (C=O) groups excluding carboxylic acids is 2. The summed E-state index contributed by atoms with van der Waals surface area (Å²) in [6, 6.07) is 3.72. The van der Waals surface area contributed by atoms with E-state index in [0.29, 0.717) is 5.56 Å². The normalized spacial score (nSPS) is 9.32. The van der Waals surface area contributed by atoms with Gasteiger partial charge >= 0.3 is 0 Å². The monoisotopic (exact) mass is 278 g/mol. The van der Waals surface area contributed by atoms with Crippen molar-refractivity contribution in [3.05, 3.63) is 39.4 Å². The third-order valence-corrected chi connectivity index (χ3v) is 2.69. The zero-order valence-corrected chi connectivity index (χ0v) is 10.8. The summed E-state index contributed by atoms with van der Waals surface area (Å²) >= 11 is 1.03. The molecule has 0 aliphatic rings. The predicted molar refractivity (Wildman–Crippen MR) is 71.6 cm³/mol. The van der Waals surface area contributed by atoms with Crippen LogP contribution in [0.1, 0.15) is 22.8 Å². The Morgan fingerprint density at radius 2 is 2.11 bits per heavy atom. The van der Waals surface area contributed by atoms with Gasteiger partial charge in [-0.25, -0.2) is 0 Å². The third kappa shape index (κ3) is 4.81. The molecule has 1 aromatic carbocycles. The maximum atomic E-state index is 11.0. The lowest BCUT2D eigenvalue weighted by Gasteiger charge is -1.98. The minimum atomic E-state index is -0.759. The van der Waals surface area contributed by atoms with E-state index in [4.69, 9.17) is 5.73 Å². The zero-order chi connectivity index (χ0) is 14.4. The first-order valence-corrected chi connectivity index (χ1v) is 6.10. The molecule has 19 heavy (non-hydrogen) atoms. The van der Waals surface area contributed by atoms with Gasteiger partial charge in [0.25, 0.3) is 5.69 Å². The molecule has 0 saturated heterocycles. The Hall–Kier alpha value is -2.33. The van der Waals surface area contributed by atoms with Crippen LogP contribution < -0.4 is 5.73 Å². The van der Waals surface area contributed by atoms with E-state index in [-0.39, 0.29) is 22.1 Å². The van der Waals surface area contributed by atoms with Crippen LogP contribution in [0.15, 0.2) is 18.2 Å². The molecule has 1 amide bonds. The van der Waals surface area contributed by atoms with Crippen molar-refractivity contribution in [3.63, 3.8) is 0 Å². The van der Waals surface area contributed by atoms with Gasteiger partial charge in [0.1, 0.15) is 0 Å². The van der Waals surface area contributed by atoms with E-state index in [0.717, 1.165) is 17.8 Å². The molecule has 0 unspecified atom stereocenters. The molecule has 1 aromatic rings. The summed E-state index contributed by atoms with van der Waals surface area (Å²) in [5.74, 6) is 4.86. The maximum absolute atomic E-state index is 11.0. The van der Waals surface area contributed by atoms with Crippen LogP contribution in [-0.2, 0) is 4.79 Å². The van der Waals surface area contributed by atoms with Crippen molar-refractivity contribution >= 4 is 28.5 Å². The molecule has 7 heteroatoms. The quantitative estimate of drug-likeness (QED) is 0.510. The highest BCUT2D eigenvalue weighted by molar-refractivity contribution is 8.13. The highest BCUT2D eigenvalue weighted by atomic mass is 32.2. The lowest BCUT2D eigenvalue weighted by atomic mass is 10.1. The second-order valence-electron chi connectivity index (χ2n) is 3.47. The fourth-order valence-corrected chi connectivity index (χ4v) is 1.55. The highest BCUT2D eigenvalue weighted by Crippen LogP contribution is 2.16. The molecule has 0 atom stereocenters. The molecule has 98 valence electrons. The molecule has 0 aliphatic carbocycles. The van der Waals surface area contributed by atoms with Crippen LogP contribution >= 0.6 is 11.8 Å². The highest BCUT2D eigenvalue weighted by Gasteiger charge is 2.11. The first-order valence-electron chi connectivity index (χ1n) is 5.11. The van der Waals surface area contributed by atoms with Crippen molar-refractivity contribution in [2.24, 2.45) is 5.73 Å². The first-order chi connectivity index (χ1) is 8.90. The van der Waals surface area contributed by atoms with Gasteiger partial charge in [0.2, 0.25) is 5.91 Å². The third-order valence-electron chi connectivity index (χ3n) is 1.99. The molecule has 0 aromatic heterocycles. The number of rotatable bonds is 3. The molecule has 0 bridgehead atoms. The van der Waals surface area contributed by atoms with Crippen molar-refractivity contribution < 1.29 is 14.5 Å². The smallest absolute Gasteiger partial charge is 0.271 e. The van der Waals surface area contributed by atoms with Gasteiger partial charge < -0.3 is 5.73 Å². The lowest BCUT2D eigenvalue weighted by Crippen LogP contribution is -2.11. The van der Waals surface area contributed by atoms with Crippen LogP contribution in [0, 0.1) is 22.0 Å². The average Bonchev–Trinajstić information content (AvgIpc) is 2.34. The molecule has 6 nitrogen and oxygen atoms in total. The summed E-state index contributed by atoms with van der Waals surface area (Å²) in [7, 11) is 0. The van der Waals surface area contributed by atoms with Crippen molar-refractivity contribution in [2.75, 3.05) is 5.75 Å². The van der Waals surface area contributed by atoms with E-state index in [1.807, 2.05) is 0 Å². The largest absolute Gasteiger partial charge is 0.366 e. The summed E-state index contributed by atoms with van der Waals surface area (Å²) in [6.07, 6.45) is 0. The fourth-order valence-electron chi connectivity index (χ4n) is 1.21. The van der Waals surface area contributed by atoms with Crippen LogP contribution in [0.5, 0.6) is 0 Å². The number of nitro benzene ring substituents is 1. The van der Waals surface area contributed by atoms with E-state index in [2.05, 4.69) is 11.8 Å². The second-order valence-corrected chi connectivity index (χ2v) is 4.62. The molecule has 1 rings (SSSR count). The minimum Gasteiger partial charge on any atom is -0.366 e. The van der Waals surface area contributed by atoms with E-state index in [1.165, 1.54) is 19.1 Å². The summed E-state index contributed by atoms with van der Waals surface area (Å²) in [5.41, 5.74) is 5.18. The van der Waals surface area contributed by atoms with Crippen molar-refractivity contribution in [3.8, 4) is 11.8 Å². The molecule has 0 radical (unpaired) electrons. The lowest BCUT2D eigenvalue weighted by molar-refractivity contribution is -0.384. The van der Waals surface area contributed by atoms with Crippen LogP contribution in [0.3, 0.4) is 0 Å². The molecule has 2 N–H and O–H groups in total. The van der Waals surface area contributed by atoms with Gasteiger partial charge in [0.05, 0.1) is 10.7 Å². The molecule has 0 aliphatic heterocycles. The van der Waals surface area contributed by atoms with Gasteiger partial charge in [-0.15, -0.1) is 0 Å². The topological polar surface area (TPSA) is 103 Å². The van der Waals surface area contributed by atoms with Crippen LogP contribution in [0.2, 0.25) is 0 Å². The molecule has 0 spiro atoms. The number of nitrogens with two attached hydrogens (primary N) is 1. The predicted octanol–water partition coefficient (Wildman–Crippen LogP) is 1.32. The van der Waals surface area contributed by atoms with Gasteiger partial charge in [0.15, 0.2) is 5.12 Å². The molecule has 0 fully saturated rings. The Labute approximate surface area is 113 Å². The van der Waals surface area contributed by atoms with Gasteiger partial charge in [0, 0.05) is 30.2 Å². The van der Waals surface area contributed by atoms with Crippen molar-refractivity contribution in [1.82, 2.24) is 0 Å². The van der Waals surface area contributed by atoms with E-state index >= 15 is 0 Å². The molecule has 0 heterocycles. The number of primary amides is 1. The first kappa shape index (κ1) is 14.7. The fraction of sp³-hybridized carbons (Fsp3) is 0.167. The summed E-state index contributed by atoms with van der Waals surface area (Å²) in [6.45, 7) is 1.42. The Bertz CT molecular complexity index is 569. The Morgan fingerprint density at radius 3 is 2.63 bits per heavy atom. The maximum Gasteiger partial charge on any atom is 0.271 e. The van der Waals surface area contributed by atoms with Gasteiger partial charge in [-0.2, -0.15) is 0 Å². The van der Waals surface area contributed by atoms with Crippen LogP contribution in [0.25, 0.3) is 0 Å². The number of hydrogen-bond acceptors (Lipinski definition) is 5. The number of non-ortho nitro benzene ring substituents is 1. The standard InChI is InChI=1S/C12H10N2O4S/c1-8(15)19-4-2-3-9-5-10(12(13)16)7-11(6-9)14(17)18/h5-7H,4H2,1H3,(H2,13,16). The summed E-state index contributed by atoms with van der Waals surface area (Å²) in [4.78, 5) is 31.8. The number of carbonyl (C=O) groups is 2. The number of thioether (sulfide) groups is 1. The Kier molecular flexibility index (Phi) is 5.09. The minimum absolute atomic E-state index is 0.0257. The van der Waals surface area contributed by atoms with Crippen LogP contribution in [0.4, 0.5) is 5.69 Å². The Morgan fingerprint density at radius 1 is 1.42 bits per heavy atom. The van der Waals surface area contributed by atoms with E-state index in [1.54, 1.807) is 0 Å². The zero-order valence-electron chi connectivity index (χ0n) is 10.0. The Balaban J connectivity index is 3.03. The second kappa shape index (κ2) is 6.56. The number of nitrogens with zero attached hydrogens (tertiary/aromatic N) is 1. The molecular weight excluding hydrogens is 268 g/mol. The van der Waals surface area contributed by atoms with Gasteiger partial charge in [-0.05, 0) is 6.07 Å². The number of benzene rings is 1.